The van der Waals surface area contributed by atoms with Gasteiger partial charge < -0.3 is 10.3 Å². The topological polar surface area (TPSA) is 65.2 Å². The Morgan fingerprint density at radius 3 is 2.62 bits per heavy atom. The number of nitrogens with zero attached hydrogens (tertiary/aromatic N) is 1. The van der Waals surface area contributed by atoms with E-state index >= 15 is 0 Å². The zero-order chi connectivity index (χ0) is 20.4. The number of anilines is 1. The average Bonchev–Trinajstić information content (AvgIpc) is 3.04. The van der Waals surface area contributed by atoms with Gasteiger partial charge in [-0.15, -0.1) is 0 Å². The number of hydrogen-bond acceptors (Lipinski definition) is 3. The van der Waals surface area contributed by atoms with Crippen LogP contribution in [0.4, 0.5) is 5.69 Å². The Morgan fingerprint density at radius 1 is 1.10 bits per heavy atom. The summed E-state index contributed by atoms with van der Waals surface area (Å²) >= 11 is 0. The molecule has 1 amide bonds. The number of aryl methyl sites for hydroxylation is 1. The van der Waals surface area contributed by atoms with Gasteiger partial charge in [0.25, 0.3) is 0 Å². The summed E-state index contributed by atoms with van der Waals surface area (Å²) in [5, 5.41) is 4.24. The molecular formula is C24H27N3O2. The van der Waals surface area contributed by atoms with E-state index in [4.69, 9.17) is 0 Å². The first-order valence-corrected chi connectivity index (χ1v) is 10.2. The van der Waals surface area contributed by atoms with E-state index in [0.717, 1.165) is 25.9 Å². The van der Waals surface area contributed by atoms with Gasteiger partial charge in [-0.05, 0) is 69.5 Å². The number of nitrogens with one attached hydrogen (secondary N) is 2. The number of benzene rings is 2. The van der Waals surface area contributed by atoms with E-state index < -0.39 is 0 Å². The molecule has 4 rings (SSSR count). The SMILES string of the molecule is CC(=O)c1cccc(NC(=O)CN2CCC(c3c(C)[nH]c4ccccc34)CC2)c1. The summed E-state index contributed by atoms with van der Waals surface area (Å²) in [6.07, 6.45) is 2.10. The van der Waals surface area contributed by atoms with Gasteiger partial charge in [-0.2, -0.15) is 0 Å². The van der Waals surface area contributed by atoms with Crippen LogP contribution in [0.1, 0.15) is 47.3 Å². The van der Waals surface area contributed by atoms with E-state index in [9.17, 15) is 9.59 Å². The summed E-state index contributed by atoms with van der Waals surface area (Å²) in [5.74, 6) is 0.487. The summed E-state index contributed by atoms with van der Waals surface area (Å²) in [7, 11) is 0. The first kappa shape index (κ1) is 19.4. The van der Waals surface area contributed by atoms with Crippen molar-refractivity contribution in [2.45, 2.75) is 32.6 Å². The number of carbonyl (C=O) groups is 2. The van der Waals surface area contributed by atoms with Gasteiger partial charge in [0.15, 0.2) is 5.78 Å². The van der Waals surface area contributed by atoms with Crippen molar-refractivity contribution in [1.29, 1.82) is 0 Å². The van der Waals surface area contributed by atoms with E-state index in [0.29, 0.717) is 23.7 Å². The molecule has 0 saturated carbocycles. The zero-order valence-electron chi connectivity index (χ0n) is 17.0. The monoisotopic (exact) mass is 389 g/mol. The number of fused-ring (bicyclic) bond motifs is 1. The molecule has 1 fully saturated rings. The lowest BCUT2D eigenvalue weighted by atomic mass is 9.87. The summed E-state index contributed by atoms with van der Waals surface area (Å²) in [6, 6.07) is 15.6. The van der Waals surface area contributed by atoms with Crippen molar-refractivity contribution in [3.8, 4) is 0 Å². The van der Waals surface area contributed by atoms with Gasteiger partial charge >= 0.3 is 0 Å². The number of Topliss-reactive ketones (excluding diaryl/α,β-unsaturated/α-hetero) is 1. The van der Waals surface area contributed by atoms with E-state index in [1.165, 1.54) is 29.1 Å². The lowest BCUT2D eigenvalue weighted by Gasteiger charge is -2.31. The van der Waals surface area contributed by atoms with Gasteiger partial charge in [0.1, 0.15) is 0 Å². The van der Waals surface area contributed by atoms with E-state index in [1.54, 1.807) is 18.2 Å². The number of hydrogen-bond donors (Lipinski definition) is 2. The highest BCUT2D eigenvalue weighted by atomic mass is 16.2. The third-order valence-electron chi connectivity index (χ3n) is 5.86. The van der Waals surface area contributed by atoms with Crippen molar-refractivity contribution in [1.82, 2.24) is 9.88 Å². The van der Waals surface area contributed by atoms with Crippen LogP contribution in [-0.4, -0.2) is 41.2 Å². The van der Waals surface area contributed by atoms with Crippen molar-refractivity contribution in [3.63, 3.8) is 0 Å². The number of aromatic nitrogens is 1. The fourth-order valence-corrected chi connectivity index (χ4v) is 4.42. The fraction of sp³-hybridized carbons (Fsp3) is 0.333. The molecule has 2 N–H and O–H groups in total. The molecule has 1 aromatic heterocycles. The van der Waals surface area contributed by atoms with Crippen LogP contribution in [0.15, 0.2) is 48.5 Å². The largest absolute Gasteiger partial charge is 0.358 e. The molecule has 29 heavy (non-hydrogen) atoms. The molecule has 3 aromatic rings. The van der Waals surface area contributed by atoms with E-state index in [-0.39, 0.29) is 11.7 Å². The first-order valence-electron chi connectivity index (χ1n) is 10.2. The highest BCUT2D eigenvalue weighted by Crippen LogP contribution is 2.35. The molecule has 1 aliphatic rings. The molecule has 5 nitrogen and oxygen atoms in total. The molecule has 0 radical (unpaired) electrons. The van der Waals surface area contributed by atoms with Crippen LogP contribution in [-0.2, 0) is 4.79 Å². The predicted molar refractivity (Wildman–Crippen MR) is 117 cm³/mol. The minimum Gasteiger partial charge on any atom is -0.358 e. The quantitative estimate of drug-likeness (QED) is 0.632. The van der Waals surface area contributed by atoms with Gasteiger partial charge in [0, 0.05) is 27.8 Å². The number of carbonyl (C=O) groups excluding carboxylic acids is 2. The Bertz CT molecular complexity index is 1050. The van der Waals surface area contributed by atoms with Gasteiger partial charge in [-0.3, -0.25) is 14.5 Å². The molecule has 0 aliphatic carbocycles. The molecule has 150 valence electrons. The summed E-state index contributed by atoms with van der Waals surface area (Å²) in [5.41, 5.74) is 5.18. The minimum absolute atomic E-state index is 0.00394. The van der Waals surface area contributed by atoms with Crippen LogP contribution in [0, 0.1) is 6.92 Å². The van der Waals surface area contributed by atoms with Crippen molar-refractivity contribution in [2.75, 3.05) is 25.0 Å². The van der Waals surface area contributed by atoms with Crippen LogP contribution < -0.4 is 5.32 Å². The lowest BCUT2D eigenvalue weighted by molar-refractivity contribution is -0.117. The third kappa shape index (κ3) is 4.25. The molecule has 0 atom stereocenters. The van der Waals surface area contributed by atoms with Crippen LogP contribution in [0.25, 0.3) is 10.9 Å². The van der Waals surface area contributed by atoms with Crippen LogP contribution >= 0.6 is 0 Å². The number of likely N-dealkylation sites (tertiary alicyclic amines) is 1. The average molecular weight is 389 g/mol. The second-order valence-electron chi connectivity index (χ2n) is 7.94. The van der Waals surface area contributed by atoms with Crippen molar-refractivity contribution < 1.29 is 9.59 Å². The number of H-pyrrole nitrogens is 1. The smallest absolute Gasteiger partial charge is 0.238 e. The normalized spacial score (nSPS) is 15.5. The molecular weight excluding hydrogens is 362 g/mol. The molecule has 2 aromatic carbocycles. The summed E-state index contributed by atoms with van der Waals surface area (Å²) in [6.45, 7) is 5.88. The molecule has 1 saturated heterocycles. The Labute approximate surface area is 171 Å². The zero-order valence-corrected chi connectivity index (χ0v) is 17.0. The standard InChI is InChI=1S/C24H27N3O2/c1-16-24(21-8-3-4-9-22(21)25-16)18-10-12-27(13-11-18)15-23(29)26-20-7-5-6-19(14-20)17(2)28/h3-9,14,18,25H,10-13,15H2,1-2H3,(H,26,29). The second kappa shape index (κ2) is 8.21. The maximum Gasteiger partial charge on any atom is 0.238 e. The molecule has 0 spiro atoms. The number of rotatable bonds is 5. The Hall–Kier alpha value is -2.92. The number of amides is 1. The third-order valence-corrected chi connectivity index (χ3v) is 5.86. The van der Waals surface area contributed by atoms with Crippen LogP contribution in [0.5, 0.6) is 0 Å². The van der Waals surface area contributed by atoms with Gasteiger partial charge in [0.2, 0.25) is 5.91 Å². The van der Waals surface area contributed by atoms with Gasteiger partial charge in [-0.1, -0.05) is 30.3 Å². The van der Waals surface area contributed by atoms with Gasteiger partial charge in [-0.25, -0.2) is 0 Å². The molecule has 0 bridgehead atoms. The Balaban J connectivity index is 1.35. The maximum absolute atomic E-state index is 12.5. The van der Waals surface area contributed by atoms with Crippen LogP contribution in [0.2, 0.25) is 0 Å². The highest BCUT2D eigenvalue weighted by Gasteiger charge is 2.25. The van der Waals surface area contributed by atoms with Crippen molar-refractivity contribution in [3.05, 3.63) is 65.4 Å². The Kier molecular flexibility index (Phi) is 5.49. The maximum atomic E-state index is 12.5. The summed E-state index contributed by atoms with van der Waals surface area (Å²) in [4.78, 5) is 29.7. The molecule has 2 heterocycles. The lowest BCUT2D eigenvalue weighted by Crippen LogP contribution is -2.38. The van der Waals surface area contributed by atoms with Gasteiger partial charge in [0.05, 0.1) is 6.54 Å². The molecule has 1 aliphatic heterocycles. The Morgan fingerprint density at radius 2 is 1.86 bits per heavy atom. The molecule has 5 heteroatoms. The second-order valence-corrected chi connectivity index (χ2v) is 7.94. The van der Waals surface area contributed by atoms with Crippen molar-refractivity contribution in [2.24, 2.45) is 0 Å². The molecule has 0 unspecified atom stereocenters. The van der Waals surface area contributed by atoms with E-state index in [1.807, 2.05) is 6.07 Å². The number of aromatic amines is 1. The number of para-hydroxylation sites is 1. The van der Waals surface area contributed by atoms with E-state index in [2.05, 4.69) is 46.4 Å². The van der Waals surface area contributed by atoms with Crippen LogP contribution in [0.3, 0.4) is 0 Å². The van der Waals surface area contributed by atoms with Crippen molar-refractivity contribution >= 4 is 28.3 Å². The number of ketones is 1. The first-order chi connectivity index (χ1) is 14.0. The predicted octanol–water partition coefficient (Wildman–Crippen LogP) is 4.50. The number of piperidine rings is 1. The highest BCUT2D eigenvalue weighted by molar-refractivity contribution is 5.97. The fourth-order valence-electron chi connectivity index (χ4n) is 4.42. The minimum atomic E-state index is -0.0348. The summed E-state index contributed by atoms with van der Waals surface area (Å²) < 4.78 is 0.